The largest absolute Gasteiger partial charge is 0.330 e. The lowest BCUT2D eigenvalue weighted by Gasteiger charge is -2.13. The van der Waals surface area contributed by atoms with Crippen LogP contribution >= 0.6 is 0 Å². The number of imide groups is 1. The molecule has 0 bridgehead atoms. The van der Waals surface area contributed by atoms with Crippen molar-refractivity contribution >= 4 is 18.5 Å². The van der Waals surface area contributed by atoms with E-state index in [1.807, 2.05) is 30.3 Å². The van der Waals surface area contributed by atoms with Crippen LogP contribution < -0.4 is 11.1 Å². The molecule has 5 nitrogen and oxygen atoms in total. The second-order valence-electron chi connectivity index (χ2n) is 3.63. The van der Waals surface area contributed by atoms with Crippen LogP contribution in [0.1, 0.15) is 12.0 Å². The summed E-state index contributed by atoms with van der Waals surface area (Å²) in [5.74, 6) is 0. The number of benzene rings is 1. The summed E-state index contributed by atoms with van der Waals surface area (Å²) in [7, 11) is 0. The highest BCUT2D eigenvalue weighted by molar-refractivity contribution is 5.85. The first-order valence-electron chi connectivity index (χ1n) is 5.72. The van der Waals surface area contributed by atoms with Gasteiger partial charge in [0.1, 0.15) is 0 Å². The molecule has 3 N–H and O–H groups in total. The van der Waals surface area contributed by atoms with Crippen LogP contribution in [0.5, 0.6) is 0 Å². The number of amides is 3. The van der Waals surface area contributed by atoms with Gasteiger partial charge in [0.25, 0.3) is 0 Å². The minimum atomic E-state index is -0.453. The summed E-state index contributed by atoms with van der Waals surface area (Å²) in [5, 5.41) is 2.53. The highest BCUT2D eigenvalue weighted by atomic mass is 16.2. The van der Waals surface area contributed by atoms with Gasteiger partial charge < -0.3 is 11.1 Å². The summed E-state index contributed by atoms with van der Waals surface area (Å²) in [6.07, 6.45) is 4.36. The standard InChI is InChI=1S/C13H17N3O2/c14-8-4-10-16(11-17)13(18)15-9-7-12-5-2-1-3-6-12/h1-3,5-7,9,11H,4,8,10,14H2,(H,15,18)/b9-7+. The van der Waals surface area contributed by atoms with Crippen molar-refractivity contribution in [2.24, 2.45) is 5.73 Å². The quantitative estimate of drug-likeness (QED) is 0.741. The summed E-state index contributed by atoms with van der Waals surface area (Å²) >= 11 is 0. The van der Waals surface area contributed by atoms with E-state index in [1.165, 1.54) is 6.20 Å². The predicted octanol–water partition coefficient (Wildman–Crippen LogP) is 1.17. The molecule has 0 heterocycles. The molecule has 3 amide bonds. The van der Waals surface area contributed by atoms with Crippen LogP contribution in [0.25, 0.3) is 6.08 Å². The van der Waals surface area contributed by atoms with E-state index in [4.69, 9.17) is 5.73 Å². The van der Waals surface area contributed by atoms with Crippen LogP contribution in [0.15, 0.2) is 36.5 Å². The van der Waals surface area contributed by atoms with Crippen molar-refractivity contribution in [2.45, 2.75) is 6.42 Å². The third-order valence-electron chi connectivity index (χ3n) is 2.27. The fraction of sp³-hybridized carbons (Fsp3) is 0.231. The molecule has 0 aliphatic heterocycles. The smallest absolute Gasteiger partial charge is 0.327 e. The first-order valence-corrected chi connectivity index (χ1v) is 5.72. The van der Waals surface area contributed by atoms with Crippen LogP contribution in [-0.2, 0) is 4.79 Å². The molecular weight excluding hydrogens is 230 g/mol. The molecule has 1 rings (SSSR count). The van der Waals surface area contributed by atoms with E-state index in [-0.39, 0.29) is 0 Å². The van der Waals surface area contributed by atoms with Crippen LogP contribution in [0.2, 0.25) is 0 Å². The van der Waals surface area contributed by atoms with Crippen molar-refractivity contribution in [2.75, 3.05) is 13.1 Å². The third-order valence-corrected chi connectivity index (χ3v) is 2.27. The Hall–Kier alpha value is -2.14. The van der Waals surface area contributed by atoms with E-state index < -0.39 is 6.03 Å². The van der Waals surface area contributed by atoms with Crippen LogP contribution in [0, 0.1) is 0 Å². The first-order chi connectivity index (χ1) is 8.77. The van der Waals surface area contributed by atoms with Gasteiger partial charge in [-0.15, -0.1) is 0 Å². The molecule has 0 atom stereocenters. The van der Waals surface area contributed by atoms with Gasteiger partial charge in [-0.3, -0.25) is 9.69 Å². The number of carbonyl (C=O) groups excluding carboxylic acids is 2. The van der Waals surface area contributed by atoms with Crippen molar-refractivity contribution in [1.82, 2.24) is 10.2 Å². The molecule has 96 valence electrons. The molecule has 5 heteroatoms. The van der Waals surface area contributed by atoms with Gasteiger partial charge in [-0.1, -0.05) is 30.3 Å². The molecule has 0 aliphatic carbocycles. The number of carbonyl (C=O) groups is 2. The maximum atomic E-state index is 11.6. The minimum Gasteiger partial charge on any atom is -0.330 e. The van der Waals surface area contributed by atoms with Crippen LogP contribution in [0.4, 0.5) is 4.79 Å². The summed E-state index contributed by atoms with van der Waals surface area (Å²) in [5.41, 5.74) is 6.29. The molecule has 0 saturated heterocycles. The van der Waals surface area contributed by atoms with Gasteiger partial charge in [-0.2, -0.15) is 0 Å². The average molecular weight is 247 g/mol. The minimum absolute atomic E-state index is 0.324. The summed E-state index contributed by atoms with van der Waals surface area (Å²) in [4.78, 5) is 23.3. The summed E-state index contributed by atoms with van der Waals surface area (Å²) in [6.45, 7) is 0.766. The van der Waals surface area contributed by atoms with Crippen LogP contribution in [-0.4, -0.2) is 30.4 Å². The molecule has 1 aromatic rings. The zero-order valence-electron chi connectivity index (χ0n) is 10.1. The number of rotatable bonds is 6. The Morgan fingerprint density at radius 3 is 2.67 bits per heavy atom. The zero-order chi connectivity index (χ0) is 13.2. The molecule has 0 fully saturated rings. The van der Waals surface area contributed by atoms with Gasteiger partial charge in [-0.25, -0.2) is 4.79 Å². The van der Waals surface area contributed by atoms with Gasteiger partial charge in [0.15, 0.2) is 0 Å². The molecule has 0 radical (unpaired) electrons. The molecule has 1 aromatic carbocycles. The topological polar surface area (TPSA) is 75.4 Å². The Labute approximate surface area is 106 Å². The van der Waals surface area contributed by atoms with E-state index in [9.17, 15) is 9.59 Å². The normalized spacial score (nSPS) is 10.3. The Morgan fingerprint density at radius 2 is 2.06 bits per heavy atom. The number of urea groups is 1. The number of nitrogens with two attached hydrogens (primary N) is 1. The van der Waals surface area contributed by atoms with Gasteiger partial charge in [-0.05, 0) is 24.6 Å². The third kappa shape index (κ3) is 4.80. The van der Waals surface area contributed by atoms with Crippen molar-refractivity contribution in [1.29, 1.82) is 0 Å². The van der Waals surface area contributed by atoms with Gasteiger partial charge >= 0.3 is 6.03 Å². The maximum Gasteiger partial charge on any atom is 0.327 e. The number of nitrogens with one attached hydrogen (secondary N) is 1. The fourth-order valence-corrected chi connectivity index (χ4v) is 1.32. The molecule has 0 spiro atoms. The molecule has 0 saturated carbocycles. The van der Waals surface area contributed by atoms with Gasteiger partial charge in [0, 0.05) is 12.7 Å². The number of nitrogens with zero attached hydrogens (tertiary/aromatic N) is 1. The van der Waals surface area contributed by atoms with Crippen molar-refractivity contribution in [3.05, 3.63) is 42.1 Å². The van der Waals surface area contributed by atoms with E-state index in [1.54, 1.807) is 6.08 Å². The predicted molar refractivity (Wildman–Crippen MR) is 70.4 cm³/mol. The lowest BCUT2D eigenvalue weighted by atomic mass is 10.2. The molecule has 0 aliphatic rings. The summed E-state index contributed by atoms with van der Waals surface area (Å²) < 4.78 is 0. The number of hydrogen-bond acceptors (Lipinski definition) is 3. The second-order valence-corrected chi connectivity index (χ2v) is 3.63. The van der Waals surface area contributed by atoms with Crippen LogP contribution in [0.3, 0.4) is 0 Å². The number of hydrogen-bond donors (Lipinski definition) is 2. The SMILES string of the molecule is NCCCN(C=O)C(=O)N/C=C/c1ccccc1. The van der Waals surface area contributed by atoms with E-state index >= 15 is 0 Å². The Bertz CT molecular complexity index is 404. The lowest BCUT2D eigenvalue weighted by molar-refractivity contribution is -0.115. The first kappa shape index (κ1) is 13.9. The Balaban J connectivity index is 2.44. The monoisotopic (exact) mass is 247 g/mol. The highest BCUT2D eigenvalue weighted by Crippen LogP contribution is 1.99. The fourth-order valence-electron chi connectivity index (χ4n) is 1.32. The summed E-state index contributed by atoms with van der Waals surface area (Å²) in [6, 6.07) is 9.09. The van der Waals surface area contributed by atoms with E-state index in [0.717, 1.165) is 10.5 Å². The van der Waals surface area contributed by atoms with Crippen molar-refractivity contribution in [3.8, 4) is 0 Å². The lowest BCUT2D eigenvalue weighted by Crippen LogP contribution is -2.37. The van der Waals surface area contributed by atoms with Crippen molar-refractivity contribution in [3.63, 3.8) is 0 Å². The maximum absolute atomic E-state index is 11.6. The van der Waals surface area contributed by atoms with Gasteiger partial charge in [0.2, 0.25) is 6.41 Å². The van der Waals surface area contributed by atoms with E-state index in [2.05, 4.69) is 5.32 Å². The molecule has 0 aromatic heterocycles. The average Bonchev–Trinajstić information content (AvgIpc) is 2.41. The molecule has 18 heavy (non-hydrogen) atoms. The Kier molecular flexibility index (Phi) is 6.21. The molecular formula is C13H17N3O2. The van der Waals surface area contributed by atoms with Gasteiger partial charge in [0.05, 0.1) is 0 Å². The molecule has 0 unspecified atom stereocenters. The highest BCUT2D eigenvalue weighted by Gasteiger charge is 2.09. The van der Waals surface area contributed by atoms with Crippen molar-refractivity contribution < 1.29 is 9.59 Å². The Morgan fingerprint density at radius 1 is 1.33 bits per heavy atom. The van der Waals surface area contributed by atoms with E-state index in [0.29, 0.717) is 25.9 Å². The second kappa shape index (κ2) is 8.03. The zero-order valence-corrected chi connectivity index (χ0v) is 10.1.